The highest BCUT2D eigenvalue weighted by atomic mass is 16.5. The zero-order chi connectivity index (χ0) is 11.9. The van der Waals surface area contributed by atoms with E-state index in [0.717, 1.165) is 12.2 Å². The van der Waals surface area contributed by atoms with Crippen LogP contribution in [0.3, 0.4) is 0 Å². The van der Waals surface area contributed by atoms with Gasteiger partial charge in [0, 0.05) is 18.9 Å². The third-order valence-electron chi connectivity index (χ3n) is 2.44. The molecular formula is C14H16N2O. The summed E-state index contributed by atoms with van der Waals surface area (Å²) in [6.45, 7) is 1.10. The second-order valence-electron chi connectivity index (χ2n) is 3.82. The summed E-state index contributed by atoms with van der Waals surface area (Å²) in [4.78, 5) is 4.10. The van der Waals surface area contributed by atoms with Crippen molar-refractivity contribution in [2.75, 3.05) is 13.2 Å². The number of hydrogen-bond acceptors (Lipinski definition) is 3. The van der Waals surface area contributed by atoms with Crippen LogP contribution in [0.1, 0.15) is 11.1 Å². The van der Waals surface area contributed by atoms with Crippen LogP contribution in [0.2, 0.25) is 0 Å². The number of ether oxygens (including phenoxy) is 1. The number of nitrogens with zero attached hydrogens (tertiary/aromatic N) is 1. The van der Waals surface area contributed by atoms with Gasteiger partial charge in [0.05, 0.1) is 0 Å². The highest BCUT2D eigenvalue weighted by Crippen LogP contribution is 2.14. The molecule has 0 bridgehead atoms. The summed E-state index contributed by atoms with van der Waals surface area (Å²) in [6.07, 6.45) is 4.57. The first-order chi connectivity index (χ1) is 8.38. The predicted octanol–water partition coefficient (Wildman–Crippen LogP) is 2.01. The van der Waals surface area contributed by atoms with Crippen molar-refractivity contribution in [2.24, 2.45) is 5.73 Å². The Kier molecular flexibility index (Phi) is 4.11. The van der Waals surface area contributed by atoms with Crippen LogP contribution in [0.5, 0.6) is 5.75 Å². The van der Waals surface area contributed by atoms with Crippen LogP contribution in [0, 0.1) is 0 Å². The Balaban J connectivity index is 1.98. The molecule has 0 saturated heterocycles. The van der Waals surface area contributed by atoms with E-state index >= 15 is 0 Å². The molecular weight excluding hydrogens is 212 g/mol. The van der Waals surface area contributed by atoms with Gasteiger partial charge in [-0.3, -0.25) is 4.98 Å². The molecule has 3 heteroatoms. The van der Waals surface area contributed by atoms with Crippen LogP contribution < -0.4 is 10.5 Å². The third kappa shape index (κ3) is 3.57. The lowest BCUT2D eigenvalue weighted by Gasteiger charge is -2.06. The van der Waals surface area contributed by atoms with Gasteiger partial charge in [0.2, 0.25) is 0 Å². The van der Waals surface area contributed by atoms with E-state index in [1.807, 2.05) is 24.4 Å². The molecule has 0 aliphatic rings. The van der Waals surface area contributed by atoms with Crippen molar-refractivity contribution in [3.8, 4) is 5.75 Å². The summed E-state index contributed by atoms with van der Waals surface area (Å²) in [7, 11) is 0. The van der Waals surface area contributed by atoms with Crippen molar-refractivity contribution in [1.82, 2.24) is 4.98 Å². The van der Waals surface area contributed by atoms with E-state index < -0.39 is 0 Å². The van der Waals surface area contributed by atoms with Crippen molar-refractivity contribution in [3.05, 3.63) is 59.9 Å². The number of hydrogen-bond donors (Lipinski definition) is 1. The number of benzene rings is 1. The summed E-state index contributed by atoms with van der Waals surface area (Å²) in [5.41, 5.74) is 7.84. The SMILES string of the molecule is NCCOc1ccc(Cc2cccnc2)cc1. The summed E-state index contributed by atoms with van der Waals surface area (Å²) < 4.78 is 5.42. The molecule has 2 rings (SSSR count). The van der Waals surface area contributed by atoms with Gasteiger partial charge in [-0.1, -0.05) is 18.2 Å². The van der Waals surface area contributed by atoms with Gasteiger partial charge in [-0.15, -0.1) is 0 Å². The van der Waals surface area contributed by atoms with E-state index in [9.17, 15) is 0 Å². The van der Waals surface area contributed by atoms with Gasteiger partial charge in [-0.25, -0.2) is 0 Å². The highest BCUT2D eigenvalue weighted by Gasteiger charge is 1.97. The average molecular weight is 228 g/mol. The molecule has 3 nitrogen and oxygen atoms in total. The maximum atomic E-state index is 5.42. The maximum absolute atomic E-state index is 5.42. The van der Waals surface area contributed by atoms with Crippen molar-refractivity contribution in [3.63, 3.8) is 0 Å². The van der Waals surface area contributed by atoms with Gasteiger partial charge in [0.15, 0.2) is 0 Å². The van der Waals surface area contributed by atoms with E-state index in [2.05, 4.69) is 23.2 Å². The fourth-order valence-electron chi connectivity index (χ4n) is 1.62. The van der Waals surface area contributed by atoms with Gasteiger partial charge in [-0.2, -0.15) is 0 Å². The van der Waals surface area contributed by atoms with Crippen LogP contribution in [-0.2, 0) is 6.42 Å². The lowest BCUT2D eigenvalue weighted by atomic mass is 10.1. The fraction of sp³-hybridized carbons (Fsp3) is 0.214. The minimum absolute atomic E-state index is 0.539. The number of aromatic nitrogens is 1. The van der Waals surface area contributed by atoms with Gasteiger partial charge in [0.1, 0.15) is 12.4 Å². The molecule has 88 valence electrons. The fourth-order valence-corrected chi connectivity index (χ4v) is 1.62. The second-order valence-corrected chi connectivity index (χ2v) is 3.82. The minimum atomic E-state index is 0.539. The summed E-state index contributed by atoms with van der Waals surface area (Å²) in [5, 5.41) is 0. The predicted molar refractivity (Wildman–Crippen MR) is 68.0 cm³/mol. The quantitative estimate of drug-likeness (QED) is 0.851. The molecule has 0 saturated carbocycles. The molecule has 0 fully saturated rings. The van der Waals surface area contributed by atoms with Crippen LogP contribution in [-0.4, -0.2) is 18.1 Å². The molecule has 0 radical (unpaired) electrons. The van der Waals surface area contributed by atoms with E-state index in [-0.39, 0.29) is 0 Å². The molecule has 1 heterocycles. The standard InChI is InChI=1S/C14H16N2O/c15-7-9-17-14-5-3-12(4-6-14)10-13-2-1-8-16-11-13/h1-6,8,11H,7,9-10,15H2. The molecule has 0 aliphatic carbocycles. The monoisotopic (exact) mass is 228 g/mol. The molecule has 0 amide bonds. The van der Waals surface area contributed by atoms with E-state index in [1.54, 1.807) is 6.20 Å². The van der Waals surface area contributed by atoms with E-state index in [1.165, 1.54) is 11.1 Å². The van der Waals surface area contributed by atoms with Crippen LogP contribution in [0.4, 0.5) is 0 Å². The molecule has 0 spiro atoms. The zero-order valence-corrected chi connectivity index (χ0v) is 9.67. The normalized spacial score (nSPS) is 10.2. The molecule has 2 N–H and O–H groups in total. The number of rotatable bonds is 5. The average Bonchev–Trinajstić information content (AvgIpc) is 2.39. The van der Waals surface area contributed by atoms with E-state index in [0.29, 0.717) is 13.2 Å². The van der Waals surface area contributed by atoms with E-state index in [4.69, 9.17) is 10.5 Å². The van der Waals surface area contributed by atoms with Crippen molar-refractivity contribution >= 4 is 0 Å². The molecule has 1 aromatic heterocycles. The first kappa shape index (κ1) is 11.6. The van der Waals surface area contributed by atoms with Crippen molar-refractivity contribution < 1.29 is 4.74 Å². The Bertz CT molecular complexity index is 440. The molecule has 1 aromatic carbocycles. The van der Waals surface area contributed by atoms with Gasteiger partial charge in [-0.05, 0) is 35.7 Å². The first-order valence-electron chi connectivity index (χ1n) is 5.69. The van der Waals surface area contributed by atoms with Crippen LogP contribution in [0.25, 0.3) is 0 Å². The maximum Gasteiger partial charge on any atom is 0.119 e. The Labute approximate surface area is 101 Å². The second kappa shape index (κ2) is 6.01. The number of nitrogens with two attached hydrogens (primary N) is 1. The van der Waals surface area contributed by atoms with Crippen LogP contribution in [0.15, 0.2) is 48.8 Å². The lowest BCUT2D eigenvalue weighted by molar-refractivity contribution is 0.328. The Hall–Kier alpha value is -1.87. The van der Waals surface area contributed by atoms with Gasteiger partial charge in [0.25, 0.3) is 0 Å². The number of pyridine rings is 1. The molecule has 0 atom stereocenters. The lowest BCUT2D eigenvalue weighted by Crippen LogP contribution is -2.10. The van der Waals surface area contributed by atoms with Crippen molar-refractivity contribution in [2.45, 2.75) is 6.42 Å². The highest BCUT2D eigenvalue weighted by molar-refractivity contribution is 5.30. The summed E-state index contributed by atoms with van der Waals surface area (Å²) >= 11 is 0. The molecule has 0 aliphatic heterocycles. The minimum Gasteiger partial charge on any atom is -0.492 e. The summed E-state index contributed by atoms with van der Waals surface area (Å²) in [5.74, 6) is 0.866. The Morgan fingerprint density at radius 3 is 2.53 bits per heavy atom. The molecule has 0 unspecified atom stereocenters. The van der Waals surface area contributed by atoms with Gasteiger partial charge >= 0.3 is 0 Å². The topological polar surface area (TPSA) is 48.1 Å². The van der Waals surface area contributed by atoms with Gasteiger partial charge < -0.3 is 10.5 Å². The van der Waals surface area contributed by atoms with Crippen LogP contribution >= 0.6 is 0 Å². The Morgan fingerprint density at radius 1 is 1.06 bits per heavy atom. The smallest absolute Gasteiger partial charge is 0.119 e. The molecule has 2 aromatic rings. The van der Waals surface area contributed by atoms with Crippen molar-refractivity contribution in [1.29, 1.82) is 0 Å². The first-order valence-corrected chi connectivity index (χ1v) is 5.69. The molecule has 17 heavy (non-hydrogen) atoms. The zero-order valence-electron chi connectivity index (χ0n) is 9.67. The third-order valence-corrected chi connectivity index (χ3v) is 2.44. The largest absolute Gasteiger partial charge is 0.492 e. The Morgan fingerprint density at radius 2 is 1.88 bits per heavy atom. The summed E-state index contributed by atoms with van der Waals surface area (Å²) in [6, 6.07) is 12.1.